The largest absolute Gasteiger partial charge is 0.399 e. The Morgan fingerprint density at radius 3 is 3.07 bits per heavy atom. The highest BCUT2D eigenvalue weighted by molar-refractivity contribution is 7.99. The number of aryl methyl sites for hydroxylation is 1. The van der Waals surface area contributed by atoms with Gasteiger partial charge in [-0.25, -0.2) is 0 Å². The highest BCUT2D eigenvalue weighted by Crippen LogP contribution is 2.25. The van der Waals surface area contributed by atoms with Crippen molar-refractivity contribution in [1.29, 1.82) is 0 Å². The summed E-state index contributed by atoms with van der Waals surface area (Å²) in [5, 5.41) is 3.40. The molecule has 1 aromatic rings. The van der Waals surface area contributed by atoms with Crippen LogP contribution in [0.25, 0.3) is 0 Å². The van der Waals surface area contributed by atoms with Crippen LogP contribution in [0.2, 0.25) is 0 Å². The maximum Gasteiger partial charge on any atom is 0.0344 e. The quantitative estimate of drug-likeness (QED) is 0.608. The van der Waals surface area contributed by atoms with Crippen molar-refractivity contribution in [2.24, 2.45) is 5.92 Å². The molecule has 0 saturated carbocycles. The third-order valence-electron chi connectivity index (χ3n) is 2.89. The lowest BCUT2D eigenvalue weighted by molar-refractivity contribution is 0.663. The molecule has 0 aliphatic carbocycles. The molecule has 0 radical (unpaired) electrons. The summed E-state index contributed by atoms with van der Waals surface area (Å²) >= 11 is 1.94. The number of hydrogen-bond donors (Lipinski definition) is 2. The van der Waals surface area contributed by atoms with Gasteiger partial charge in [0.2, 0.25) is 0 Å². The van der Waals surface area contributed by atoms with Crippen molar-refractivity contribution in [1.82, 2.24) is 5.32 Å². The molecule has 1 aromatic carbocycles. The van der Waals surface area contributed by atoms with Gasteiger partial charge >= 0.3 is 0 Å². The molecule has 0 spiro atoms. The molecule has 1 atom stereocenters. The third kappa shape index (κ3) is 2.89. The zero-order chi connectivity index (χ0) is 10.7. The molecule has 1 fully saturated rings. The number of nitrogens with one attached hydrogen (secondary N) is 1. The van der Waals surface area contributed by atoms with E-state index >= 15 is 0 Å². The predicted molar refractivity (Wildman–Crippen MR) is 67.3 cm³/mol. The van der Waals surface area contributed by atoms with Gasteiger partial charge in [-0.05, 0) is 56.1 Å². The van der Waals surface area contributed by atoms with Crippen LogP contribution in [-0.2, 0) is 0 Å². The zero-order valence-electron chi connectivity index (χ0n) is 9.12. The topological polar surface area (TPSA) is 38.0 Å². The molecular weight excluding hydrogens is 204 g/mol. The second kappa shape index (κ2) is 4.90. The van der Waals surface area contributed by atoms with Gasteiger partial charge in [0, 0.05) is 16.3 Å². The normalized spacial score (nSPS) is 20.7. The van der Waals surface area contributed by atoms with Crippen LogP contribution in [0.5, 0.6) is 0 Å². The van der Waals surface area contributed by atoms with Crippen LogP contribution < -0.4 is 11.1 Å². The molecule has 15 heavy (non-hydrogen) atoms. The van der Waals surface area contributed by atoms with Crippen molar-refractivity contribution < 1.29 is 0 Å². The molecule has 0 aromatic heterocycles. The van der Waals surface area contributed by atoms with Crippen LogP contribution in [0.4, 0.5) is 5.69 Å². The number of hydrogen-bond acceptors (Lipinski definition) is 3. The molecule has 1 unspecified atom stereocenters. The average Bonchev–Trinajstić information content (AvgIpc) is 2.73. The number of nitrogens with two attached hydrogens (primary N) is 1. The summed E-state index contributed by atoms with van der Waals surface area (Å²) in [5.74, 6) is 2.06. The molecular formula is C12H18N2S. The van der Waals surface area contributed by atoms with Crippen molar-refractivity contribution in [3.05, 3.63) is 23.8 Å². The van der Waals surface area contributed by atoms with Crippen LogP contribution >= 0.6 is 11.8 Å². The van der Waals surface area contributed by atoms with Gasteiger partial charge in [-0.15, -0.1) is 11.8 Å². The molecule has 2 rings (SSSR count). The van der Waals surface area contributed by atoms with E-state index in [0.717, 1.165) is 11.6 Å². The summed E-state index contributed by atoms with van der Waals surface area (Å²) in [4.78, 5) is 1.34. The minimum absolute atomic E-state index is 0.841. The smallest absolute Gasteiger partial charge is 0.0344 e. The fourth-order valence-electron chi connectivity index (χ4n) is 1.81. The average molecular weight is 222 g/mol. The highest BCUT2D eigenvalue weighted by atomic mass is 32.2. The molecule has 2 nitrogen and oxygen atoms in total. The first kappa shape index (κ1) is 10.8. The van der Waals surface area contributed by atoms with Gasteiger partial charge < -0.3 is 11.1 Å². The van der Waals surface area contributed by atoms with Crippen molar-refractivity contribution in [3.8, 4) is 0 Å². The highest BCUT2D eigenvalue weighted by Gasteiger charge is 2.14. The van der Waals surface area contributed by atoms with Crippen LogP contribution in [0.1, 0.15) is 12.0 Å². The number of thioether (sulfide) groups is 1. The van der Waals surface area contributed by atoms with Gasteiger partial charge in [-0.1, -0.05) is 0 Å². The molecule has 3 heteroatoms. The summed E-state index contributed by atoms with van der Waals surface area (Å²) in [7, 11) is 0. The van der Waals surface area contributed by atoms with Gasteiger partial charge in [0.15, 0.2) is 0 Å². The molecule has 82 valence electrons. The first-order chi connectivity index (χ1) is 7.25. The van der Waals surface area contributed by atoms with E-state index < -0.39 is 0 Å². The van der Waals surface area contributed by atoms with E-state index in [-0.39, 0.29) is 0 Å². The SMILES string of the molecule is Cc1cc(SCC2CCNC2)ccc1N. The molecule has 3 N–H and O–H groups in total. The first-order valence-electron chi connectivity index (χ1n) is 5.45. The number of benzene rings is 1. The van der Waals surface area contributed by atoms with E-state index in [2.05, 4.69) is 24.4 Å². The molecule has 0 amide bonds. The lowest BCUT2D eigenvalue weighted by Gasteiger charge is -2.08. The van der Waals surface area contributed by atoms with Gasteiger partial charge in [0.1, 0.15) is 0 Å². The maximum atomic E-state index is 5.79. The predicted octanol–water partition coefficient (Wildman–Crippen LogP) is 2.28. The second-order valence-electron chi connectivity index (χ2n) is 4.19. The lowest BCUT2D eigenvalue weighted by atomic mass is 10.2. The van der Waals surface area contributed by atoms with Crippen LogP contribution in [0.15, 0.2) is 23.1 Å². The Morgan fingerprint density at radius 1 is 1.53 bits per heavy atom. The summed E-state index contributed by atoms with van der Waals surface area (Å²) < 4.78 is 0. The molecule has 1 saturated heterocycles. The Bertz CT molecular complexity index is 332. The van der Waals surface area contributed by atoms with E-state index in [4.69, 9.17) is 5.73 Å². The van der Waals surface area contributed by atoms with E-state index in [9.17, 15) is 0 Å². The molecule has 1 aliphatic rings. The summed E-state index contributed by atoms with van der Waals surface area (Å²) in [5.41, 5.74) is 7.86. The third-order valence-corrected chi connectivity index (χ3v) is 4.11. The fraction of sp³-hybridized carbons (Fsp3) is 0.500. The first-order valence-corrected chi connectivity index (χ1v) is 6.44. The van der Waals surface area contributed by atoms with E-state index in [1.54, 1.807) is 0 Å². The van der Waals surface area contributed by atoms with E-state index in [1.807, 2.05) is 17.8 Å². The van der Waals surface area contributed by atoms with Gasteiger partial charge in [0.25, 0.3) is 0 Å². The summed E-state index contributed by atoms with van der Waals surface area (Å²) in [6, 6.07) is 6.31. The van der Waals surface area contributed by atoms with Crippen molar-refractivity contribution in [2.45, 2.75) is 18.2 Å². The van der Waals surface area contributed by atoms with E-state index in [1.165, 1.54) is 35.7 Å². The zero-order valence-corrected chi connectivity index (χ0v) is 9.94. The Balaban J connectivity index is 1.90. The van der Waals surface area contributed by atoms with Crippen molar-refractivity contribution >= 4 is 17.4 Å². The Hall–Kier alpha value is -0.670. The van der Waals surface area contributed by atoms with Crippen LogP contribution in [-0.4, -0.2) is 18.8 Å². The maximum absolute atomic E-state index is 5.79. The Labute approximate surface area is 95.6 Å². The fourth-order valence-corrected chi connectivity index (χ4v) is 2.95. The lowest BCUT2D eigenvalue weighted by Crippen LogP contribution is -2.10. The Kier molecular flexibility index (Phi) is 3.54. The monoisotopic (exact) mass is 222 g/mol. The number of nitrogen functional groups attached to an aromatic ring is 1. The minimum Gasteiger partial charge on any atom is -0.399 e. The Morgan fingerprint density at radius 2 is 2.40 bits per heavy atom. The standard InChI is InChI=1S/C12H18N2S/c1-9-6-11(2-3-12(9)13)15-8-10-4-5-14-7-10/h2-3,6,10,14H,4-5,7-8,13H2,1H3. The van der Waals surface area contributed by atoms with E-state index in [0.29, 0.717) is 0 Å². The van der Waals surface area contributed by atoms with Gasteiger partial charge in [-0.2, -0.15) is 0 Å². The van der Waals surface area contributed by atoms with Crippen molar-refractivity contribution in [3.63, 3.8) is 0 Å². The minimum atomic E-state index is 0.841. The molecule has 1 heterocycles. The van der Waals surface area contributed by atoms with Crippen LogP contribution in [0.3, 0.4) is 0 Å². The number of anilines is 1. The van der Waals surface area contributed by atoms with Gasteiger partial charge in [-0.3, -0.25) is 0 Å². The van der Waals surface area contributed by atoms with Crippen LogP contribution in [0, 0.1) is 12.8 Å². The molecule has 1 aliphatic heterocycles. The van der Waals surface area contributed by atoms with Gasteiger partial charge in [0.05, 0.1) is 0 Å². The van der Waals surface area contributed by atoms with Crippen molar-refractivity contribution in [2.75, 3.05) is 24.6 Å². The second-order valence-corrected chi connectivity index (χ2v) is 5.28. The summed E-state index contributed by atoms with van der Waals surface area (Å²) in [6.07, 6.45) is 1.32. The molecule has 0 bridgehead atoms. The number of rotatable bonds is 3. The summed E-state index contributed by atoms with van der Waals surface area (Å²) in [6.45, 7) is 4.43.